The van der Waals surface area contributed by atoms with E-state index < -0.39 is 0 Å². The van der Waals surface area contributed by atoms with Crippen molar-refractivity contribution >= 4 is 5.91 Å². The Morgan fingerprint density at radius 3 is 2.75 bits per heavy atom. The first-order valence-corrected chi connectivity index (χ1v) is 7.37. The third kappa shape index (κ3) is 2.34. The first-order chi connectivity index (χ1) is 9.68. The van der Waals surface area contributed by atoms with Crippen LogP contribution in [0.4, 0.5) is 0 Å². The van der Waals surface area contributed by atoms with Crippen LogP contribution in [0, 0.1) is 0 Å². The van der Waals surface area contributed by atoms with Gasteiger partial charge in [0.1, 0.15) is 0 Å². The van der Waals surface area contributed by atoms with Crippen molar-refractivity contribution in [3.8, 4) is 0 Å². The summed E-state index contributed by atoms with van der Waals surface area (Å²) >= 11 is 0. The quantitative estimate of drug-likeness (QED) is 0.781. The summed E-state index contributed by atoms with van der Waals surface area (Å²) in [7, 11) is 2.14. The van der Waals surface area contributed by atoms with Gasteiger partial charge in [-0.15, -0.1) is 0 Å². The molecule has 1 atom stereocenters. The van der Waals surface area contributed by atoms with Crippen molar-refractivity contribution in [3.63, 3.8) is 0 Å². The van der Waals surface area contributed by atoms with Crippen molar-refractivity contribution in [3.05, 3.63) is 34.9 Å². The molecule has 0 radical (unpaired) electrons. The molecule has 0 saturated carbocycles. The van der Waals surface area contributed by atoms with Crippen LogP contribution in [0.2, 0.25) is 0 Å². The molecule has 0 N–H and O–H groups in total. The highest BCUT2D eigenvalue weighted by atomic mass is 16.5. The molecule has 0 bridgehead atoms. The average Bonchev–Trinajstić information content (AvgIpc) is 2.51. The van der Waals surface area contributed by atoms with Gasteiger partial charge in [0, 0.05) is 31.2 Å². The second-order valence-electron chi connectivity index (χ2n) is 5.68. The number of nitrogens with zero attached hydrogens (tertiary/aromatic N) is 2. The minimum atomic E-state index is 0.168. The summed E-state index contributed by atoms with van der Waals surface area (Å²) in [6.07, 6.45) is 0.961. The van der Waals surface area contributed by atoms with E-state index in [9.17, 15) is 4.79 Å². The molecule has 108 valence electrons. The highest BCUT2D eigenvalue weighted by Gasteiger charge is 2.27. The van der Waals surface area contributed by atoms with Crippen LogP contribution in [-0.2, 0) is 11.2 Å². The largest absolute Gasteiger partial charge is 0.378 e. The van der Waals surface area contributed by atoms with Gasteiger partial charge < -0.3 is 9.64 Å². The molecule has 1 fully saturated rings. The summed E-state index contributed by atoms with van der Waals surface area (Å²) in [6, 6.07) is 6.54. The van der Waals surface area contributed by atoms with Gasteiger partial charge in [-0.25, -0.2) is 0 Å². The zero-order valence-corrected chi connectivity index (χ0v) is 12.3. The van der Waals surface area contributed by atoms with Crippen LogP contribution in [0.1, 0.15) is 34.5 Å². The van der Waals surface area contributed by atoms with E-state index in [1.54, 1.807) is 0 Å². The van der Waals surface area contributed by atoms with Gasteiger partial charge in [0.2, 0.25) is 0 Å². The number of carbonyl (C=O) groups is 1. The second-order valence-corrected chi connectivity index (χ2v) is 5.68. The van der Waals surface area contributed by atoms with Crippen molar-refractivity contribution in [2.45, 2.75) is 19.4 Å². The molecule has 1 unspecified atom stereocenters. The van der Waals surface area contributed by atoms with Crippen LogP contribution < -0.4 is 0 Å². The van der Waals surface area contributed by atoms with E-state index in [2.05, 4.69) is 24.9 Å². The molecule has 20 heavy (non-hydrogen) atoms. The van der Waals surface area contributed by atoms with Gasteiger partial charge in [-0.05, 0) is 37.6 Å². The molecule has 1 aromatic rings. The average molecular weight is 274 g/mol. The summed E-state index contributed by atoms with van der Waals surface area (Å²) in [5.41, 5.74) is 3.44. The predicted molar refractivity (Wildman–Crippen MR) is 77.9 cm³/mol. The van der Waals surface area contributed by atoms with E-state index in [1.807, 2.05) is 17.0 Å². The fourth-order valence-corrected chi connectivity index (χ4v) is 3.13. The number of morpholine rings is 1. The van der Waals surface area contributed by atoms with Crippen molar-refractivity contribution in [2.75, 3.05) is 39.9 Å². The Bertz CT molecular complexity index is 509. The molecule has 3 rings (SSSR count). The summed E-state index contributed by atoms with van der Waals surface area (Å²) in [6.45, 7) is 5.94. The van der Waals surface area contributed by atoms with E-state index in [0.29, 0.717) is 32.3 Å². The van der Waals surface area contributed by atoms with Crippen LogP contribution in [0.25, 0.3) is 0 Å². The Labute approximate surface area is 120 Å². The number of carbonyl (C=O) groups excluding carboxylic acids is 1. The lowest BCUT2D eigenvalue weighted by Gasteiger charge is -2.34. The normalized spacial score (nSPS) is 23.5. The lowest BCUT2D eigenvalue weighted by molar-refractivity contribution is 0.0301. The molecule has 0 aliphatic carbocycles. The topological polar surface area (TPSA) is 32.8 Å². The fraction of sp³-hybridized carbons (Fsp3) is 0.562. The van der Waals surface area contributed by atoms with Crippen molar-refractivity contribution in [2.24, 2.45) is 0 Å². The number of hydrogen-bond donors (Lipinski definition) is 0. The molecule has 0 aromatic heterocycles. The number of benzene rings is 1. The molecule has 4 nitrogen and oxygen atoms in total. The van der Waals surface area contributed by atoms with Gasteiger partial charge in [-0.2, -0.15) is 0 Å². The summed E-state index contributed by atoms with van der Waals surface area (Å²) < 4.78 is 5.33. The third-order valence-corrected chi connectivity index (χ3v) is 4.57. The van der Waals surface area contributed by atoms with E-state index >= 15 is 0 Å². The van der Waals surface area contributed by atoms with Crippen LogP contribution in [0.5, 0.6) is 0 Å². The van der Waals surface area contributed by atoms with E-state index in [0.717, 1.165) is 18.5 Å². The summed E-state index contributed by atoms with van der Waals surface area (Å²) in [5.74, 6) is 0.168. The molecule has 1 saturated heterocycles. The number of hydrogen-bond acceptors (Lipinski definition) is 3. The maximum Gasteiger partial charge on any atom is 0.254 e. The molecule has 2 heterocycles. The number of rotatable bonds is 1. The number of amides is 1. The highest BCUT2D eigenvalue weighted by Crippen LogP contribution is 2.30. The van der Waals surface area contributed by atoms with Crippen LogP contribution in [0.15, 0.2) is 18.2 Å². The zero-order valence-electron chi connectivity index (χ0n) is 12.3. The highest BCUT2D eigenvalue weighted by molar-refractivity contribution is 5.96. The monoisotopic (exact) mass is 274 g/mol. The molecule has 4 heteroatoms. The Hall–Kier alpha value is -1.39. The number of likely N-dealkylation sites (N-methyl/N-ethyl adjacent to an activating group) is 1. The predicted octanol–water partition coefficient (Wildman–Crippen LogP) is 1.71. The first-order valence-electron chi connectivity index (χ1n) is 7.37. The van der Waals surface area contributed by atoms with Crippen molar-refractivity contribution in [1.29, 1.82) is 0 Å². The third-order valence-electron chi connectivity index (χ3n) is 4.57. The first kappa shape index (κ1) is 13.6. The minimum Gasteiger partial charge on any atom is -0.378 e. The molecule has 2 aliphatic rings. The van der Waals surface area contributed by atoms with Gasteiger partial charge >= 0.3 is 0 Å². The summed E-state index contributed by atoms with van der Waals surface area (Å²) in [4.78, 5) is 17.0. The number of fused-ring (bicyclic) bond motifs is 1. The van der Waals surface area contributed by atoms with Crippen molar-refractivity contribution in [1.82, 2.24) is 9.80 Å². The van der Waals surface area contributed by atoms with Crippen LogP contribution in [-0.4, -0.2) is 55.6 Å². The minimum absolute atomic E-state index is 0.168. The zero-order chi connectivity index (χ0) is 14.1. The van der Waals surface area contributed by atoms with Gasteiger partial charge in [0.15, 0.2) is 0 Å². The van der Waals surface area contributed by atoms with Crippen molar-refractivity contribution < 1.29 is 9.53 Å². The molecular weight excluding hydrogens is 252 g/mol. The number of ether oxygens (including phenoxy) is 1. The lowest BCUT2D eigenvalue weighted by atomic mass is 9.89. The maximum atomic E-state index is 12.7. The SMILES string of the molecule is CC1c2cccc(C(=O)N3CCOCC3)c2CCN1C. The molecular formula is C16H22N2O2. The van der Waals surface area contributed by atoms with Gasteiger partial charge in [0.25, 0.3) is 5.91 Å². The fourth-order valence-electron chi connectivity index (χ4n) is 3.13. The molecule has 0 spiro atoms. The van der Waals surface area contributed by atoms with Gasteiger partial charge in [-0.3, -0.25) is 9.69 Å². The van der Waals surface area contributed by atoms with Gasteiger partial charge in [0.05, 0.1) is 13.2 Å². The summed E-state index contributed by atoms with van der Waals surface area (Å²) in [5, 5.41) is 0. The lowest BCUT2D eigenvalue weighted by Crippen LogP contribution is -2.41. The maximum absolute atomic E-state index is 12.7. The molecule has 2 aliphatic heterocycles. The van der Waals surface area contributed by atoms with Gasteiger partial charge in [-0.1, -0.05) is 12.1 Å². The van der Waals surface area contributed by atoms with E-state index in [1.165, 1.54) is 11.1 Å². The van der Waals surface area contributed by atoms with E-state index in [-0.39, 0.29) is 5.91 Å². The Kier molecular flexibility index (Phi) is 3.76. The molecule has 1 amide bonds. The van der Waals surface area contributed by atoms with E-state index in [4.69, 9.17) is 4.74 Å². The van der Waals surface area contributed by atoms with Crippen LogP contribution >= 0.6 is 0 Å². The Morgan fingerprint density at radius 2 is 2.00 bits per heavy atom. The molecule has 1 aromatic carbocycles. The Morgan fingerprint density at radius 1 is 1.25 bits per heavy atom. The van der Waals surface area contributed by atoms with Crippen LogP contribution in [0.3, 0.4) is 0 Å². The Balaban J connectivity index is 1.92. The second kappa shape index (κ2) is 5.54. The smallest absolute Gasteiger partial charge is 0.254 e. The standard InChI is InChI=1S/C16H22N2O2/c1-12-13-4-3-5-15(14(13)6-7-17(12)2)16(19)18-8-10-20-11-9-18/h3-5,12H,6-11H2,1-2H3.